The molecule has 0 saturated carbocycles. The monoisotopic (exact) mass is 414 g/mol. The smallest absolute Gasteiger partial charge is 0.245 e. The SMILES string of the molecule is CCCN(Cc1cccn1Cc1cccc(Cl)c1)C(=O)[C@@H](Cl)c1ccccc1. The molecule has 3 aromatic rings. The summed E-state index contributed by atoms with van der Waals surface area (Å²) in [5, 5.41) is 0.0472. The fourth-order valence-electron chi connectivity index (χ4n) is 3.24. The molecule has 1 atom stereocenters. The summed E-state index contributed by atoms with van der Waals surface area (Å²) in [7, 11) is 0. The number of amides is 1. The largest absolute Gasteiger partial charge is 0.345 e. The first kappa shape index (κ1) is 20.5. The van der Waals surface area contributed by atoms with Crippen molar-refractivity contribution in [2.75, 3.05) is 6.54 Å². The number of nitrogens with zero attached hydrogens (tertiary/aromatic N) is 2. The van der Waals surface area contributed by atoms with Crippen molar-refractivity contribution < 1.29 is 4.79 Å². The lowest BCUT2D eigenvalue weighted by Crippen LogP contribution is -2.34. The second-order valence-electron chi connectivity index (χ2n) is 6.79. The molecule has 0 spiro atoms. The predicted octanol–water partition coefficient (Wildman–Crippen LogP) is 5.91. The number of aromatic nitrogens is 1. The van der Waals surface area contributed by atoms with Gasteiger partial charge in [-0.15, -0.1) is 11.6 Å². The molecule has 3 nitrogen and oxygen atoms in total. The molecule has 2 aromatic carbocycles. The Morgan fingerprint density at radius 3 is 2.57 bits per heavy atom. The van der Waals surface area contributed by atoms with Crippen LogP contribution in [-0.2, 0) is 17.9 Å². The van der Waals surface area contributed by atoms with Gasteiger partial charge in [0.2, 0.25) is 5.91 Å². The van der Waals surface area contributed by atoms with Crippen LogP contribution in [0.4, 0.5) is 0 Å². The predicted molar refractivity (Wildman–Crippen MR) is 116 cm³/mol. The maximum Gasteiger partial charge on any atom is 0.245 e. The average Bonchev–Trinajstić information content (AvgIpc) is 3.14. The van der Waals surface area contributed by atoms with E-state index >= 15 is 0 Å². The minimum atomic E-state index is -0.677. The molecule has 1 heterocycles. The van der Waals surface area contributed by atoms with Crippen LogP contribution in [0.5, 0.6) is 0 Å². The third kappa shape index (κ3) is 5.18. The van der Waals surface area contributed by atoms with E-state index in [1.165, 1.54) is 0 Å². The van der Waals surface area contributed by atoms with E-state index in [0.29, 0.717) is 19.6 Å². The minimum absolute atomic E-state index is 0.0646. The number of halogens is 2. The molecule has 0 radical (unpaired) electrons. The first-order valence-corrected chi connectivity index (χ1v) is 10.3. The second-order valence-corrected chi connectivity index (χ2v) is 7.66. The molecule has 5 heteroatoms. The number of carbonyl (C=O) groups excluding carboxylic acids is 1. The van der Waals surface area contributed by atoms with Crippen molar-refractivity contribution in [2.45, 2.75) is 31.8 Å². The highest BCUT2D eigenvalue weighted by Crippen LogP contribution is 2.24. The summed E-state index contributed by atoms with van der Waals surface area (Å²) in [5.41, 5.74) is 3.01. The average molecular weight is 415 g/mol. The van der Waals surface area contributed by atoms with Crippen molar-refractivity contribution in [3.8, 4) is 0 Å². The number of hydrogen-bond acceptors (Lipinski definition) is 1. The van der Waals surface area contributed by atoms with Gasteiger partial charge in [0.1, 0.15) is 5.38 Å². The van der Waals surface area contributed by atoms with Gasteiger partial charge in [-0.25, -0.2) is 0 Å². The van der Waals surface area contributed by atoms with Gasteiger partial charge in [0.15, 0.2) is 0 Å². The Labute approximate surface area is 176 Å². The van der Waals surface area contributed by atoms with E-state index < -0.39 is 5.38 Å². The Hall–Kier alpha value is -2.23. The fraction of sp³-hybridized carbons (Fsp3) is 0.261. The summed E-state index contributed by atoms with van der Waals surface area (Å²) in [6, 6.07) is 21.4. The summed E-state index contributed by atoms with van der Waals surface area (Å²) >= 11 is 12.6. The van der Waals surface area contributed by atoms with Crippen molar-refractivity contribution in [2.24, 2.45) is 0 Å². The minimum Gasteiger partial charge on any atom is -0.345 e. The number of benzene rings is 2. The Bertz CT molecular complexity index is 908. The molecule has 0 aliphatic rings. The van der Waals surface area contributed by atoms with Crippen molar-refractivity contribution in [3.05, 3.63) is 94.8 Å². The first-order chi connectivity index (χ1) is 13.6. The molecule has 3 rings (SSSR count). The van der Waals surface area contributed by atoms with E-state index in [9.17, 15) is 4.79 Å². The van der Waals surface area contributed by atoms with Crippen LogP contribution >= 0.6 is 23.2 Å². The van der Waals surface area contributed by atoms with Gasteiger partial charge in [-0.2, -0.15) is 0 Å². The van der Waals surface area contributed by atoms with Gasteiger partial charge in [-0.1, -0.05) is 61.0 Å². The van der Waals surface area contributed by atoms with Crippen LogP contribution in [0, 0.1) is 0 Å². The van der Waals surface area contributed by atoms with Crippen LogP contribution in [0.25, 0.3) is 0 Å². The molecule has 0 bridgehead atoms. The second kappa shape index (κ2) is 9.81. The Balaban J connectivity index is 1.76. The van der Waals surface area contributed by atoms with E-state index in [1.807, 2.05) is 71.8 Å². The Kier molecular flexibility index (Phi) is 7.18. The molecule has 0 fully saturated rings. The molecule has 0 unspecified atom stereocenters. The molecule has 146 valence electrons. The molecular weight excluding hydrogens is 391 g/mol. The summed E-state index contributed by atoms with van der Waals surface area (Å²) in [6.07, 6.45) is 2.90. The zero-order chi connectivity index (χ0) is 19.9. The van der Waals surface area contributed by atoms with Gasteiger partial charge < -0.3 is 9.47 Å². The Morgan fingerprint density at radius 1 is 1.07 bits per heavy atom. The molecule has 0 aliphatic heterocycles. The molecule has 28 heavy (non-hydrogen) atoms. The third-order valence-corrected chi connectivity index (χ3v) is 5.31. The molecule has 0 aliphatic carbocycles. The fourth-order valence-corrected chi connectivity index (χ4v) is 3.73. The molecule has 0 saturated heterocycles. The van der Waals surface area contributed by atoms with Crippen LogP contribution < -0.4 is 0 Å². The Morgan fingerprint density at radius 2 is 1.86 bits per heavy atom. The highest BCUT2D eigenvalue weighted by molar-refractivity contribution is 6.31. The lowest BCUT2D eigenvalue weighted by atomic mass is 10.1. The molecule has 1 aromatic heterocycles. The van der Waals surface area contributed by atoms with Crippen molar-refractivity contribution in [1.29, 1.82) is 0 Å². The van der Waals surface area contributed by atoms with Gasteiger partial charge in [-0.3, -0.25) is 4.79 Å². The van der Waals surface area contributed by atoms with Crippen molar-refractivity contribution >= 4 is 29.1 Å². The highest BCUT2D eigenvalue weighted by atomic mass is 35.5. The van der Waals surface area contributed by atoms with Gasteiger partial charge in [-0.05, 0) is 41.8 Å². The van der Waals surface area contributed by atoms with E-state index in [1.54, 1.807) is 0 Å². The van der Waals surface area contributed by atoms with Crippen molar-refractivity contribution in [1.82, 2.24) is 9.47 Å². The zero-order valence-electron chi connectivity index (χ0n) is 15.9. The maximum absolute atomic E-state index is 13.0. The summed E-state index contributed by atoms with van der Waals surface area (Å²) < 4.78 is 2.15. The standard InChI is InChI=1S/C23H24Cl2N2O/c1-2-13-27(23(28)22(25)19-9-4-3-5-10-19)17-21-12-7-14-26(21)16-18-8-6-11-20(24)15-18/h3-12,14-15,22H,2,13,16-17H2,1H3/t22-/m0/s1. The van der Waals surface area contributed by atoms with Crippen LogP contribution in [0.15, 0.2) is 72.9 Å². The number of hydrogen-bond donors (Lipinski definition) is 0. The van der Waals surface area contributed by atoms with Crippen LogP contribution in [0.1, 0.15) is 35.5 Å². The highest BCUT2D eigenvalue weighted by Gasteiger charge is 2.24. The van der Waals surface area contributed by atoms with Crippen LogP contribution in [0.2, 0.25) is 5.02 Å². The van der Waals surface area contributed by atoms with E-state index in [4.69, 9.17) is 23.2 Å². The van der Waals surface area contributed by atoms with Gasteiger partial charge in [0.25, 0.3) is 0 Å². The van der Waals surface area contributed by atoms with Crippen molar-refractivity contribution in [3.63, 3.8) is 0 Å². The van der Waals surface area contributed by atoms with E-state index in [-0.39, 0.29) is 5.91 Å². The summed E-state index contributed by atoms with van der Waals surface area (Å²) in [6.45, 7) is 3.96. The first-order valence-electron chi connectivity index (χ1n) is 9.44. The number of alkyl halides is 1. The zero-order valence-corrected chi connectivity index (χ0v) is 17.4. The maximum atomic E-state index is 13.0. The lowest BCUT2D eigenvalue weighted by Gasteiger charge is -2.25. The van der Waals surface area contributed by atoms with E-state index in [2.05, 4.69) is 17.6 Å². The molecule has 1 amide bonds. The van der Waals surface area contributed by atoms with Gasteiger partial charge in [0, 0.05) is 30.0 Å². The van der Waals surface area contributed by atoms with Gasteiger partial charge >= 0.3 is 0 Å². The van der Waals surface area contributed by atoms with Gasteiger partial charge in [0.05, 0.1) is 6.54 Å². The number of rotatable bonds is 8. The third-order valence-electron chi connectivity index (χ3n) is 4.63. The normalized spacial score (nSPS) is 12.0. The molecular formula is C23H24Cl2N2O. The quantitative estimate of drug-likeness (QED) is 0.420. The topological polar surface area (TPSA) is 25.2 Å². The molecule has 0 N–H and O–H groups in total. The van der Waals surface area contributed by atoms with Crippen LogP contribution in [-0.4, -0.2) is 21.9 Å². The van der Waals surface area contributed by atoms with Crippen LogP contribution in [0.3, 0.4) is 0 Å². The summed E-state index contributed by atoms with van der Waals surface area (Å²) in [5.74, 6) is -0.0646. The lowest BCUT2D eigenvalue weighted by molar-refractivity contribution is -0.131. The number of carbonyl (C=O) groups is 1. The summed E-state index contributed by atoms with van der Waals surface area (Å²) in [4.78, 5) is 14.9. The van der Waals surface area contributed by atoms with E-state index in [0.717, 1.165) is 28.3 Å².